The molecule has 0 aliphatic rings. The minimum atomic E-state index is -0.661. The van der Waals surface area contributed by atoms with Gasteiger partial charge < -0.3 is 10.1 Å². The molecule has 0 saturated heterocycles. The maximum atomic E-state index is 12.0. The number of ether oxygens (including phenoxy) is 1. The second kappa shape index (κ2) is 8.92. The molecule has 0 bridgehead atoms. The fraction of sp³-hybridized carbons (Fsp3) is 0.471. The van der Waals surface area contributed by atoms with Crippen LogP contribution >= 0.6 is 0 Å². The number of amides is 3. The Morgan fingerprint density at radius 3 is 2.52 bits per heavy atom. The molecular weight excluding hydrogens is 296 g/mol. The highest BCUT2D eigenvalue weighted by atomic mass is 16.5. The van der Waals surface area contributed by atoms with E-state index in [2.05, 4.69) is 10.6 Å². The Labute approximate surface area is 136 Å². The maximum absolute atomic E-state index is 12.0. The lowest BCUT2D eigenvalue weighted by Gasteiger charge is -2.10. The van der Waals surface area contributed by atoms with E-state index in [1.807, 2.05) is 33.8 Å². The molecule has 0 fully saturated rings. The van der Waals surface area contributed by atoms with Crippen molar-refractivity contribution in [2.24, 2.45) is 5.92 Å². The molecule has 1 aromatic rings. The molecule has 0 saturated carbocycles. The molecule has 6 nitrogen and oxygen atoms in total. The van der Waals surface area contributed by atoms with Crippen LogP contribution in [0.3, 0.4) is 0 Å². The summed E-state index contributed by atoms with van der Waals surface area (Å²) in [4.78, 5) is 35.0. The summed E-state index contributed by atoms with van der Waals surface area (Å²) in [5.41, 5.74) is 2.19. The molecule has 0 aliphatic heterocycles. The van der Waals surface area contributed by atoms with Crippen molar-refractivity contribution in [3.63, 3.8) is 0 Å². The Kier molecular flexibility index (Phi) is 7.25. The molecule has 3 amide bonds. The molecule has 0 aliphatic carbocycles. The van der Waals surface area contributed by atoms with E-state index in [0.29, 0.717) is 18.0 Å². The number of carbonyl (C=O) groups is 3. The second-order valence-electron chi connectivity index (χ2n) is 5.81. The van der Waals surface area contributed by atoms with Gasteiger partial charge >= 0.3 is 12.0 Å². The predicted molar refractivity (Wildman–Crippen MR) is 87.2 cm³/mol. The smallest absolute Gasteiger partial charge is 0.338 e. The number of esters is 1. The van der Waals surface area contributed by atoms with E-state index in [-0.39, 0.29) is 0 Å². The van der Waals surface area contributed by atoms with Gasteiger partial charge in [-0.3, -0.25) is 10.1 Å². The van der Waals surface area contributed by atoms with E-state index in [9.17, 15) is 14.4 Å². The number of nitrogens with one attached hydrogen (secondary N) is 2. The summed E-state index contributed by atoms with van der Waals surface area (Å²) in [7, 11) is 0. The van der Waals surface area contributed by atoms with Crippen molar-refractivity contribution in [2.75, 3.05) is 13.2 Å². The number of urea groups is 1. The van der Waals surface area contributed by atoms with Crippen molar-refractivity contribution in [3.8, 4) is 0 Å². The quantitative estimate of drug-likeness (QED) is 0.788. The molecule has 6 heteroatoms. The summed E-state index contributed by atoms with van der Waals surface area (Å²) in [5, 5.41) is 4.69. The number of benzene rings is 1. The number of rotatable bonds is 6. The third-order valence-electron chi connectivity index (χ3n) is 3.42. The molecule has 126 valence electrons. The molecule has 1 rings (SSSR count). The molecule has 2 N–H and O–H groups in total. The molecule has 0 unspecified atom stereocenters. The highest BCUT2D eigenvalue weighted by Crippen LogP contribution is 2.13. The molecule has 0 heterocycles. The SMILES string of the molecule is Cc1cccc(C(=O)OCC(=O)NC(=O)NCCC(C)C)c1C. The maximum Gasteiger partial charge on any atom is 0.338 e. The van der Waals surface area contributed by atoms with Gasteiger partial charge in [0.25, 0.3) is 5.91 Å². The van der Waals surface area contributed by atoms with Gasteiger partial charge in [-0.25, -0.2) is 9.59 Å². The Morgan fingerprint density at radius 1 is 1.17 bits per heavy atom. The molecule has 0 atom stereocenters. The van der Waals surface area contributed by atoms with Crippen LogP contribution in [0.5, 0.6) is 0 Å². The average Bonchev–Trinajstić information content (AvgIpc) is 2.47. The average molecular weight is 320 g/mol. The van der Waals surface area contributed by atoms with Gasteiger partial charge in [0.05, 0.1) is 5.56 Å². The van der Waals surface area contributed by atoms with Gasteiger partial charge in [0.1, 0.15) is 0 Å². The summed E-state index contributed by atoms with van der Waals surface area (Å²) in [6.45, 7) is 7.77. The predicted octanol–water partition coefficient (Wildman–Crippen LogP) is 2.33. The van der Waals surface area contributed by atoms with Gasteiger partial charge in [-0.05, 0) is 43.4 Å². The summed E-state index contributed by atoms with van der Waals surface area (Å²) in [6.07, 6.45) is 0.823. The zero-order valence-corrected chi connectivity index (χ0v) is 14.1. The number of imide groups is 1. The summed E-state index contributed by atoms with van der Waals surface area (Å²) < 4.78 is 4.94. The monoisotopic (exact) mass is 320 g/mol. The molecule has 0 aromatic heterocycles. The van der Waals surface area contributed by atoms with E-state index in [1.165, 1.54) is 0 Å². The van der Waals surface area contributed by atoms with Crippen molar-refractivity contribution in [1.29, 1.82) is 0 Å². The number of hydrogen-bond acceptors (Lipinski definition) is 4. The van der Waals surface area contributed by atoms with Gasteiger partial charge in [0, 0.05) is 6.54 Å². The lowest BCUT2D eigenvalue weighted by molar-refractivity contribution is -0.123. The summed E-state index contributed by atoms with van der Waals surface area (Å²) >= 11 is 0. The van der Waals surface area contributed by atoms with E-state index < -0.39 is 24.5 Å². The minimum absolute atomic E-state index is 0.416. The standard InChI is InChI=1S/C17H24N2O4/c1-11(2)8-9-18-17(22)19-15(20)10-23-16(21)14-7-5-6-12(3)13(14)4/h5-7,11H,8-10H2,1-4H3,(H2,18,19,20,22). The van der Waals surface area contributed by atoms with Gasteiger partial charge in [0.15, 0.2) is 6.61 Å². The Bertz CT molecular complexity index is 582. The van der Waals surface area contributed by atoms with Crippen molar-refractivity contribution < 1.29 is 19.1 Å². The van der Waals surface area contributed by atoms with E-state index in [4.69, 9.17) is 4.74 Å². The molecule has 23 heavy (non-hydrogen) atoms. The Balaban J connectivity index is 2.39. The first-order valence-electron chi connectivity index (χ1n) is 7.62. The molecule has 0 spiro atoms. The lowest BCUT2D eigenvalue weighted by atomic mass is 10.0. The number of hydrogen-bond donors (Lipinski definition) is 2. The summed E-state index contributed by atoms with van der Waals surface area (Å²) in [5.74, 6) is -0.781. The largest absolute Gasteiger partial charge is 0.452 e. The highest BCUT2D eigenvalue weighted by Gasteiger charge is 2.14. The fourth-order valence-electron chi connectivity index (χ4n) is 1.86. The molecular formula is C17H24N2O4. The number of carbonyl (C=O) groups excluding carboxylic acids is 3. The van der Waals surface area contributed by atoms with Crippen LogP contribution in [0.2, 0.25) is 0 Å². The van der Waals surface area contributed by atoms with Crippen LogP contribution in [0, 0.1) is 19.8 Å². The van der Waals surface area contributed by atoms with Crippen LogP contribution in [0.25, 0.3) is 0 Å². The Morgan fingerprint density at radius 2 is 1.87 bits per heavy atom. The zero-order chi connectivity index (χ0) is 17.4. The molecule has 1 aromatic carbocycles. The Hall–Kier alpha value is -2.37. The van der Waals surface area contributed by atoms with Crippen molar-refractivity contribution >= 4 is 17.9 Å². The number of aryl methyl sites for hydroxylation is 1. The summed E-state index contributed by atoms with van der Waals surface area (Å²) in [6, 6.07) is 4.70. The van der Waals surface area contributed by atoms with Gasteiger partial charge in [-0.1, -0.05) is 26.0 Å². The van der Waals surface area contributed by atoms with Crippen LogP contribution in [-0.2, 0) is 9.53 Å². The normalized spacial score (nSPS) is 10.3. The van der Waals surface area contributed by atoms with E-state index in [1.54, 1.807) is 12.1 Å². The fourth-order valence-corrected chi connectivity index (χ4v) is 1.86. The van der Waals surface area contributed by atoms with Gasteiger partial charge in [-0.2, -0.15) is 0 Å². The van der Waals surface area contributed by atoms with Crippen molar-refractivity contribution in [3.05, 3.63) is 34.9 Å². The van der Waals surface area contributed by atoms with Crippen LogP contribution < -0.4 is 10.6 Å². The van der Waals surface area contributed by atoms with E-state index >= 15 is 0 Å². The van der Waals surface area contributed by atoms with Gasteiger partial charge in [-0.15, -0.1) is 0 Å². The second-order valence-corrected chi connectivity index (χ2v) is 5.81. The first-order chi connectivity index (χ1) is 10.8. The highest BCUT2D eigenvalue weighted by molar-refractivity contribution is 5.97. The minimum Gasteiger partial charge on any atom is -0.452 e. The van der Waals surface area contributed by atoms with Gasteiger partial charge in [0.2, 0.25) is 0 Å². The first kappa shape index (κ1) is 18.7. The van der Waals surface area contributed by atoms with E-state index in [0.717, 1.165) is 17.5 Å². The van der Waals surface area contributed by atoms with Crippen molar-refractivity contribution in [1.82, 2.24) is 10.6 Å². The molecule has 0 radical (unpaired) electrons. The lowest BCUT2D eigenvalue weighted by Crippen LogP contribution is -2.42. The third kappa shape index (κ3) is 6.50. The van der Waals surface area contributed by atoms with Crippen molar-refractivity contribution in [2.45, 2.75) is 34.1 Å². The third-order valence-corrected chi connectivity index (χ3v) is 3.42. The van der Waals surface area contributed by atoms with Crippen LogP contribution in [0.4, 0.5) is 4.79 Å². The van der Waals surface area contributed by atoms with Crippen LogP contribution in [0.15, 0.2) is 18.2 Å². The first-order valence-corrected chi connectivity index (χ1v) is 7.62. The van der Waals surface area contributed by atoms with Crippen LogP contribution in [0.1, 0.15) is 41.8 Å². The zero-order valence-electron chi connectivity index (χ0n) is 14.1. The van der Waals surface area contributed by atoms with Crippen LogP contribution in [-0.4, -0.2) is 31.1 Å². The topological polar surface area (TPSA) is 84.5 Å².